The van der Waals surface area contributed by atoms with E-state index in [0.29, 0.717) is 6.42 Å². The number of hydrogen-bond acceptors (Lipinski definition) is 15. The molecule has 2 heterocycles. The normalized spacial score (nSPS) is 28.4. The van der Waals surface area contributed by atoms with Crippen LogP contribution >= 0.6 is 0 Å². The van der Waals surface area contributed by atoms with E-state index in [4.69, 9.17) is 28.4 Å². The van der Waals surface area contributed by atoms with Gasteiger partial charge < -0.3 is 64.2 Å². The Balaban J connectivity index is 1.93. The number of carbonyl (C=O) groups excluding carboxylic acids is 2. The van der Waals surface area contributed by atoms with Crippen LogP contribution in [0.1, 0.15) is 129 Å². The summed E-state index contributed by atoms with van der Waals surface area (Å²) in [6.07, 6.45) is 12.6. The van der Waals surface area contributed by atoms with Gasteiger partial charge in [0, 0.05) is 0 Å². The smallest absolute Gasteiger partial charge is 0.310 e. The van der Waals surface area contributed by atoms with E-state index in [1.165, 1.54) is 64.2 Å². The zero-order valence-corrected chi connectivity index (χ0v) is 34.8. The monoisotopic (exact) mass is 831 g/mol. The van der Waals surface area contributed by atoms with Crippen LogP contribution in [-0.4, -0.2) is 142 Å². The topological polar surface area (TPSA) is 231 Å². The fourth-order valence-electron chi connectivity index (χ4n) is 6.51. The fraction of sp³-hybridized carbons (Fsp3) is 0.814. The highest BCUT2D eigenvalue weighted by Crippen LogP contribution is 2.26. The molecule has 0 radical (unpaired) electrons. The molecule has 11 atom stereocenters. The number of carbonyl (C=O) groups is 2. The van der Waals surface area contributed by atoms with Gasteiger partial charge in [-0.1, -0.05) is 121 Å². The van der Waals surface area contributed by atoms with Crippen molar-refractivity contribution in [2.45, 2.75) is 197 Å². The fourth-order valence-corrected chi connectivity index (χ4v) is 6.51. The predicted octanol–water partition coefficient (Wildman–Crippen LogP) is 3.81. The van der Waals surface area contributed by atoms with E-state index in [1.807, 2.05) is 12.2 Å². The second-order valence-electron chi connectivity index (χ2n) is 15.2. The highest BCUT2D eigenvalue weighted by Gasteiger charge is 2.47. The maximum Gasteiger partial charge on any atom is 0.310 e. The van der Waals surface area contributed by atoms with Crippen LogP contribution in [0.4, 0.5) is 0 Å². The third-order valence-electron chi connectivity index (χ3n) is 10.2. The first-order valence-electron chi connectivity index (χ1n) is 21.6. The summed E-state index contributed by atoms with van der Waals surface area (Å²) in [5.41, 5.74) is 0. The molecule has 2 rings (SSSR count). The van der Waals surface area contributed by atoms with Crippen molar-refractivity contribution < 1.29 is 73.8 Å². The van der Waals surface area contributed by atoms with Gasteiger partial charge in [0.1, 0.15) is 55.4 Å². The molecule has 336 valence electrons. The molecule has 0 spiro atoms. The lowest BCUT2D eigenvalue weighted by Crippen LogP contribution is -2.61. The maximum absolute atomic E-state index is 12.8. The molecule has 0 saturated carbocycles. The largest absolute Gasteiger partial charge is 0.461 e. The molecular formula is C43H74O15. The number of ether oxygens (including phenoxy) is 6. The van der Waals surface area contributed by atoms with Gasteiger partial charge in [-0.3, -0.25) is 9.59 Å². The Morgan fingerprint density at radius 2 is 1.03 bits per heavy atom. The third-order valence-corrected chi connectivity index (χ3v) is 10.2. The van der Waals surface area contributed by atoms with Crippen LogP contribution in [0.15, 0.2) is 36.5 Å². The molecule has 15 heteroatoms. The average molecular weight is 831 g/mol. The Hall–Kier alpha value is -2.28. The molecule has 7 N–H and O–H groups in total. The van der Waals surface area contributed by atoms with E-state index < -0.39 is 99.3 Å². The summed E-state index contributed by atoms with van der Waals surface area (Å²) in [6, 6.07) is 0. The summed E-state index contributed by atoms with van der Waals surface area (Å²) in [4.78, 5) is 25.4. The molecule has 15 nitrogen and oxygen atoms in total. The molecule has 2 aliphatic heterocycles. The van der Waals surface area contributed by atoms with Crippen molar-refractivity contribution >= 4 is 11.9 Å². The zero-order valence-electron chi connectivity index (χ0n) is 34.8. The molecule has 4 unspecified atom stereocenters. The molecule has 2 saturated heterocycles. The summed E-state index contributed by atoms with van der Waals surface area (Å²) in [7, 11) is 0. The SMILES string of the molecule is CCCCCCCC=CCC=CCC(=O)OC[C@H](CO[C@@H]1O[C@H](CO[C@H]2O[C@H](CO)[C@H](O)C(O)C2O)[C@H](O)C(O)C1O)OC(=O)CC=CCCCCCCCCCC. The second kappa shape index (κ2) is 31.6. The van der Waals surface area contributed by atoms with Gasteiger partial charge in [0.15, 0.2) is 18.7 Å². The summed E-state index contributed by atoms with van der Waals surface area (Å²) < 4.78 is 33.1. The van der Waals surface area contributed by atoms with Crippen molar-refractivity contribution in [3.8, 4) is 0 Å². The van der Waals surface area contributed by atoms with Crippen molar-refractivity contribution in [2.24, 2.45) is 0 Å². The summed E-state index contributed by atoms with van der Waals surface area (Å²) in [6.45, 7) is 2.38. The van der Waals surface area contributed by atoms with Gasteiger partial charge in [0.05, 0.1) is 32.7 Å². The minimum atomic E-state index is -1.78. The van der Waals surface area contributed by atoms with Gasteiger partial charge in [-0.15, -0.1) is 0 Å². The highest BCUT2D eigenvalue weighted by molar-refractivity contribution is 5.72. The Labute approximate surface area is 345 Å². The molecular weight excluding hydrogens is 756 g/mol. The lowest BCUT2D eigenvalue weighted by atomic mass is 9.98. The lowest BCUT2D eigenvalue weighted by Gasteiger charge is -2.42. The molecule has 58 heavy (non-hydrogen) atoms. The number of rotatable bonds is 31. The van der Waals surface area contributed by atoms with E-state index in [-0.39, 0.29) is 19.4 Å². The first-order chi connectivity index (χ1) is 28.0. The summed E-state index contributed by atoms with van der Waals surface area (Å²) >= 11 is 0. The molecule has 0 bridgehead atoms. The number of aliphatic hydroxyl groups is 7. The number of allylic oxidation sites excluding steroid dienone is 4. The van der Waals surface area contributed by atoms with Gasteiger partial charge >= 0.3 is 11.9 Å². The Morgan fingerprint density at radius 1 is 0.552 bits per heavy atom. The first kappa shape index (κ1) is 51.9. The number of hydrogen-bond donors (Lipinski definition) is 7. The summed E-state index contributed by atoms with van der Waals surface area (Å²) in [5, 5.41) is 71.7. The van der Waals surface area contributed by atoms with Gasteiger partial charge in [-0.2, -0.15) is 0 Å². The van der Waals surface area contributed by atoms with E-state index in [9.17, 15) is 45.3 Å². The van der Waals surface area contributed by atoms with Gasteiger partial charge in [-0.05, 0) is 32.1 Å². The predicted molar refractivity (Wildman–Crippen MR) is 215 cm³/mol. The van der Waals surface area contributed by atoms with Crippen molar-refractivity contribution in [1.82, 2.24) is 0 Å². The lowest BCUT2D eigenvalue weighted by molar-refractivity contribution is -0.332. The zero-order chi connectivity index (χ0) is 42.5. The maximum atomic E-state index is 12.8. The molecule has 2 fully saturated rings. The van der Waals surface area contributed by atoms with E-state index in [2.05, 4.69) is 26.0 Å². The Morgan fingerprint density at radius 3 is 1.64 bits per heavy atom. The van der Waals surface area contributed by atoms with Crippen LogP contribution < -0.4 is 0 Å². The average Bonchev–Trinajstić information content (AvgIpc) is 3.21. The highest BCUT2D eigenvalue weighted by atomic mass is 16.7. The molecule has 0 aromatic heterocycles. The van der Waals surface area contributed by atoms with Crippen molar-refractivity contribution in [2.75, 3.05) is 26.4 Å². The van der Waals surface area contributed by atoms with Crippen LogP contribution in [0.25, 0.3) is 0 Å². The Kier molecular flexibility index (Phi) is 28.2. The van der Waals surface area contributed by atoms with Crippen molar-refractivity contribution in [1.29, 1.82) is 0 Å². The third kappa shape index (κ3) is 20.8. The standard InChI is InChI=1S/C43H74O15/c1-3-5-7-9-11-13-15-17-19-21-23-25-34(45)53-28-31(56-35(46)26-24-22-20-18-16-14-12-10-8-6-4-2)29-54-42-41(52)39(50)37(48)33(58-42)30-55-43-40(51)38(49)36(47)32(27-44)57-43/h15,17,21-24,31-33,36-44,47-52H,3-14,16,18-20,25-30H2,1-2H3/t31-,32-,33-,36+,37+,38?,39?,40?,41?,42-,43+/m1/s1. The minimum Gasteiger partial charge on any atom is -0.461 e. The molecule has 0 aromatic carbocycles. The quantitative estimate of drug-likeness (QED) is 0.0299. The van der Waals surface area contributed by atoms with Crippen LogP contribution in [0, 0.1) is 0 Å². The van der Waals surface area contributed by atoms with Gasteiger partial charge in [-0.25, -0.2) is 0 Å². The molecule has 0 aromatic rings. The van der Waals surface area contributed by atoms with Crippen LogP contribution in [0.3, 0.4) is 0 Å². The van der Waals surface area contributed by atoms with Crippen LogP contribution in [-0.2, 0) is 38.0 Å². The number of aliphatic hydroxyl groups excluding tert-OH is 7. The van der Waals surface area contributed by atoms with Crippen LogP contribution in [0.2, 0.25) is 0 Å². The van der Waals surface area contributed by atoms with Gasteiger partial charge in [0.2, 0.25) is 0 Å². The van der Waals surface area contributed by atoms with Crippen molar-refractivity contribution in [3.05, 3.63) is 36.5 Å². The molecule has 0 amide bonds. The number of esters is 2. The molecule has 0 aliphatic carbocycles. The first-order valence-corrected chi connectivity index (χ1v) is 21.6. The second-order valence-corrected chi connectivity index (χ2v) is 15.2. The minimum absolute atomic E-state index is 0.00147. The Bertz CT molecular complexity index is 1160. The number of unbranched alkanes of at least 4 members (excludes halogenated alkanes) is 13. The van der Waals surface area contributed by atoms with Crippen molar-refractivity contribution in [3.63, 3.8) is 0 Å². The van der Waals surface area contributed by atoms with E-state index in [1.54, 1.807) is 12.2 Å². The summed E-state index contributed by atoms with van der Waals surface area (Å²) in [5.74, 6) is -1.15. The van der Waals surface area contributed by atoms with Crippen LogP contribution in [0.5, 0.6) is 0 Å². The van der Waals surface area contributed by atoms with E-state index >= 15 is 0 Å². The van der Waals surface area contributed by atoms with Gasteiger partial charge in [0.25, 0.3) is 0 Å². The van der Waals surface area contributed by atoms with E-state index in [0.717, 1.165) is 32.1 Å². The molecule has 2 aliphatic rings.